The molecular weight excluding hydrogens is 442 g/mol. The third-order valence-electron chi connectivity index (χ3n) is 5.32. The molecule has 1 atom stereocenters. The summed E-state index contributed by atoms with van der Waals surface area (Å²) < 4.78 is 34.2. The van der Waals surface area contributed by atoms with Crippen LogP contribution in [0.15, 0.2) is 72.6 Å². The molecule has 0 bridgehead atoms. The molecule has 1 amide bonds. The van der Waals surface area contributed by atoms with Crippen molar-refractivity contribution >= 4 is 23.1 Å². The van der Waals surface area contributed by atoms with E-state index >= 15 is 0 Å². The monoisotopic (exact) mass is 464 g/mol. The molecule has 0 radical (unpaired) electrons. The molecule has 0 aliphatic carbocycles. The number of rotatable bonds is 6. The number of aromatic nitrogens is 1. The van der Waals surface area contributed by atoms with Crippen molar-refractivity contribution in [2.24, 2.45) is 5.92 Å². The minimum atomic E-state index is -1.21. The lowest BCUT2D eigenvalue weighted by molar-refractivity contribution is -0.132. The van der Waals surface area contributed by atoms with E-state index in [2.05, 4.69) is 4.98 Å². The van der Waals surface area contributed by atoms with Crippen LogP contribution in [0.4, 0.5) is 14.5 Å². The summed E-state index contributed by atoms with van der Waals surface area (Å²) in [5.74, 6) is -3.30. The number of pyridine rings is 1. The predicted molar refractivity (Wildman–Crippen MR) is 122 cm³/mol. The van der Waals surface area contributed by atoms with E-state index in [1.54, 1.807) is 36.4 Å². The van der Waals surface area contributed by atoms with Gasteiger partial charge in [0.2, 0.25) is 0 Å². The van der Waals surface area contributed by atoms with Gasteiger partial charge < -0.3 is 9.84 Å². The summed E-state index contributed by atoms with van der Waals surface area (Å²) in [5, 5.41) is 11.1. The second-order valence-electron chi connectivity index (χ2n) is 8.28. The van der Waals surface area contributed by atoms with Gasteiger partial charge in [0.1, 0.15) is 23.1 Å². The van der Waals surface area contributed by atoms with Crippen LogP contribution in [0.25, 0.3) is 5.76 Å². The molecular formula is C26H22F2N2O4. The fourth-order valence-corrected chi connectivity index (χ4v) is 3.73. The Balaban J connectivity index is 1.83. The SMILES string of the molecule is CC(C)COc1ccc(/C(O)=C2\C(=O)C(=O)N(c3cc(F)ccc3F)C2c2cccnc2)cc1. The number of hydrogen-bond acceptors (Lipinski definition) is 5. The van der Waals surface area contributed by atoms with Crippen LogP contribution in [0.3, 0.4) is 0 Å². The van der Waals surface area contributed by atoms with E-state index < -0.39 is 40.8 Å². The molecule has 174 valence electrons. The Labute approximate surface area is 195 Å². The quantitative estimate of drug-likeness (QED) is 0.315. The smallest absolute Gasteiger partial charge is 0.300 e. The highest BCUT2D eigenvalue weighted by atomic mass is 19.1. The minimum Gasteiger partial charge on any atom is -0.507 e. The van der Waals surface area contributed by atoms with Crippen molar-refractivity contribution in [3.05, 3.63) is 95.3 Å². The van der Waals surface area contributed by atoms with Crippen molar-refractivity contribution in [3.63, 3.8) is 0 Å². The van der Waals surface area contributed by atoms with Gasteiger partial charge in [-0.25, -0.2) is 8.78 Å². The number of ether oxygens (including phenoxy) is 1. The molecule has 3 aromatic rings. The van der Waals surface area contributed by atoms with E-state index in [0.717, 1.165) is 23.1 Å². The third-order valence-corrected chi connectivity index (χ3v) is 5.32. The summed E-state index contributed by atoms with van der Waals surface area (Å²) in [4.78, 5) is 30.9. The van der Waals surface area contributed by atoms with Crippen molar-refractivity contribution in [2.45, 2.75) is 19.9 Å². The number of Topliss-reactive ketones (excluding diaryl/α,β-unsaturated/α-hetero) is 1. The number of hydrogen-bond donors (Lipinski definition) is 1. The molecule has 1 unspecified atom stereocenters. The fourth-order valence-electron chi connectivity index (χ4n) is 3.73. The van der Waals surface area contributed by atoms with Crippen LogP contribution in [-0.2, 0) is 9.59 Å². The number of halogens is 2. The van der Waals surface area contributed by atoms with Gasteiger partial charge in [-0.2, -0.15) is 0 Å². The van der Waals surface area contributed by atoms with Crippen LogP contribution in [0.2, 0.25) is 0 Å². The van der Waals surface area contributed by atoms with E-state index in [-0.39, 0.29) is 11.1 Å². The summed E-state index contributed by atoms with van der Waals surface area (Å²) in [6, 6.07) is 11.0. The topological polar surface area (TPSA) is 79.7 Å². The predicted octanol–water partition coefficient (Wildman–Crippen LogP) is 5.02. The second-order valence-corrected chi connectivity index (χ2v) is 8.28. The van der Waals surface area contributed by atoms with Crippen LogP contribution in [0.1, 0.15) is 31.0 Å². The first-order chi connectivity index (χ1) is 16.3. The van der Waals surface area contributed by atoms with Gasteiger partial charge in [-0.15, -0.1) is 0 Å². The molecule has 0 spiro atoms. The number of amides is 1. The molecule has 1 aliphatic heterocycles. The van der Waals surface area contributed by atoms with Crippen molar-refractivity contribution < 1.29 is 28.2 Å². The van der Waals surface area contributed by atoms with Gasteiger partial charge in [-0.05, 0) is 53.9 Å². The number of nitrogens with zero attached hydrogens (tertiary/aromatic N) is 2. The first-order valence-electron chi connectivity index (χ1n) is 10.7. The molecule has 1 saturated heterocycles. The Morgan fingerprint density at radius 2 is 1.85 bits per heavy atom. The highest BCUT2D eigenvalue weighted by Crippen LogP contribution is 2.42. The molecule has 0 saturated carbocycles. The summed E-state index contributed by atoms with van der Waals surface area (Å²) in [5.41, 5.74) is -0.0442. The molecule has 1 N–H and O–H groups in total. The van der Waals surface area contributed by atoms with Gasteiger partial charge in [-0.1, -0.05) is 19.9 Å². The minimum absolute atomic E-state index is 0.252. The molecule has 4 rings (SSSR count). The molecule has 6 nitrogen and oxygen atoms in total. The van der Waals surface area contributed by atoms with E-state index in [0.29, 0.717) is 23.8 Å². The Hall–Kier alpha value is -4.07. The Bertz CT molecular complexity index is 1260. The lowest BCUT2D eigenvalue weighted by Crippen LogP contribution is -2.30. The summed E-state index contributed by atoms with van der Waals surface area (Å²) in [6.07, 6.45) is 2.89. The molecule has 2 aromatic carbocycles. The average molecular weight is 464 g/mol. The molecule has 1 aromatic heterocycles. The van der Waals surface area contributed by atoms with E-state index in [1.807, 2.05) is 13.8 Å². The summed E-state index contributed by atoms with van der Waals surface area (Å²) >= 11 is 0. The maximum absolute atomic E-state index is 14.7. The number of aliphatic hydroxyl groups excluding tert-OH is 1. The maximum atomic E-state index is 14.7. The number of benzene rings is 2. The zero-order valence-electron chi connectivity index (χ0n) is 18.5. The van der Waals surface area contributed by atoms with Crippen molar-refractivity contribution in [2.75, 3.05) is 11.5 Å². The normalized spacial score (nSPS) is 17.4. The van der Waals surface area contributed by atoms with Crippen molar-refractivity contribution in [1.82, 2.24) is 4.98 Å². The highest BCUT2D eigenvalue weighted by molar-refractivity contribution is 6.51. The standard InChI is InChI=1S/C26H22F2N2O4/c1-15(2)14-34-19-8-5-16(6-9-19)24(31)22-23(17-4-3-11-29-13-17)30(26(33)25(22)32)21-12-18(27)7-10-20(21)28/h3-13,15,23,31H,14H2,1-2H3/b24-22+. The van der Waals surface area contributed by atoms with E-state index in [1.165, 1.54) is 12.4 Å². The van der Waals surface area contributed by atoms with Crippen LogP contribution < -0.4 is 9.64 Å². The lowest BCUT2D eigenvalue weighted by atomic mass is 9.96. The fraction of sp³-hybridized carbons (Fsp3) is 0.192. The van der Waals surface area contributed by atoms with Gasteiger partial charge in [0.05, 0.1) is 23.9 Å². The van der Waals surface area contributed by atoms with Crippen molar-refractivity contribution in [1.29, 1.82) is 0 Å². The van der Waals surface area contributed by atoms with E-state index in [9.17, 15) is 23.5 Å². The zero-order valence-corrected chi connectivity index (χ0v) is 18.5. The highest BCUT2D eigenvalue weighted by Gasteiger charge is 2.48. The molecule has 1 fully saturated rings. The third kappa shape index (κ3) is 4.39. The van der Waals surface area contributed by atoms with Gasteiger partial charge in [0.25, 0.3) is 11.7 Å². The average Bonchev–Trinajstić information content (AvgIpc) is 3.10. The first-order valence-corrected chi connectivity index (χ1v) is 10.7. The number of anilines is 1. The molecule has 2 heterocycles. The molecule has 1 aliphatic rings. The second kappa shape index (κ2) is 9.43. The lowest BCUT2D eigenvalue weighted by Gasteiger charge is -2.25. The Morgan fingerprint density at radius 1 is 1.12 bits per heavy atom. The van der Waals surface area contributed by atoms with Crippen LogP contribution >= 0.6 is 0 Å². The van der Waals surface area contributed by atoms with Crippen LogP contribution in [0, 0.1) is 17.6 Å². The largest absolute Gasteiger partial charge is 0.507 e. The van der Waals surface area contributed by atoms with Gasteiger partial charge in [0.15, 0.2) is 0 Å². The van der Waals surface area contributed by atoms with Gasteiger partial charge in [-0.3, -0.25) is 19.5 Å². The van der Waals surface area contributed by atoms with Crippen molar-refractivity contribution in [3.8, 4) is 5.75 Å². The molecule has 34 heavy (non-hydrogen) atoms. The number of aliphatic hydroxyl groups is 1. The first kappa shape index (κ1) is 23.1. The maximum Gasteiger partial charge on any atom is 0.300 e. The number of ketones is 1. The number of carbonyl (C=O) groups excluding carboxylic acids is 2. The summed E-state index contributed by atoms with van der Waals surface area (Å²) in [7, 11) is 0. The van der Waals surface area contributed by atoms with E-state index in [4.69, 9.17) is 4.74 Å². The van der Waals surface area contributed by atoms with Gasteiger partial charge >= 0.3 is 0 Å². The zero-order chi connectivity index (χ0) is 24.4. The molecule has 8 heteroatoms. The van der Waals surface area contributed by atoms with Gasteiger partial charge in [0, 0.05) is 24.0 Å². The summed E-state index contributed by atoms with van der Waals surface area (Å²) in [6.45, 7) is 4.54. The Morgan fingerprint density at radius 3 is 2.50 bits per heavy atom. The Kier molecular flexibility index (Phi) is 6.40. The number of carbonyl (C=O) groups is 2. The van der Waals surface area contributed by atoms with Crippen LogP contribution in [0.5, 0.6) is 5.75 Å². The van der Waals surface area contributed by atoms with Crippen LogP contribution in [-0.4, -0.2) is 28.4 Å².